The molecule has 0 aromatic carbocycles. The van der Waals surface area contributed by atoms with Crippen LogP contribution in [-0.2, 0) is 0 Å². The van der Waals surface area contributed by atoms with Gasteiger partial charge < -0.3 is 5.32 Å². The zero-order valence-electron chi connectivity index (χ0n) is 10.1. The molecule has 0 amide bonds. The molecular weight excluding hydrogens is 170 g/mol. The molecule has 1 unspecified atom stereocenters. The maximum absolute atomic E-state index is 3.84. The molecule has 0 saturated carbocycles. The second-order valence-corrected chi connectivity index (χ2v) is 4.13. The summed E-state index contributed by atoms with van der Waals surface area (Å²) in [6.07, 6.45) is 7.69. The first kappa shape index (κ1) is 13.3. The van der Waals surface area contributed by atoms with Gasteiger partial charge >= 0.3 is 0 Å². The summed E-state index contributed by atoms with van der Waals surface area (Å²) < 4.78 is 0. The summed E-state index contributed by atoms with van der Waals surface area (Å²) in [5, 5.41) is 3.15. The Kier molecular flexibility index (Phi) is 7.27. The van der Waals surface area contributed by atoms with Gasteiger partial charge in [0.05, 0.1) is 0 Å². The summed E-state index contributed by atoms with van der Waals surface area (Å²) in [6, 6.07) is 0. The number of allylic oxidation sites excluding steroid dienone is 2. The van der Waals surface area contributed by atoms with E-state index >= 15 is 0 Å². The third kappa shape index (κ3) is 4.50. The molecule has 0 bridgehead atoms. The molecule has 0 aromatic heterocycles. The molecule has 82 valence electrons. The molecule has 1 nitrogen and oxygen atoms in total. The van der Waals surface area contributed by atoms with Gasteiger partial charge in [0.1, 0.15) is 0 Å². The summed E-state index contributed by atoms with van der Waals surface area (Å²) in [7, 11) is 1.97. The van der Waals surface area contributed by atoms with Crippen molar-refractivity contribution in [3.05, 3.63) is 24.4 Å². The highest BCUT2D eigenvalue weighted by atomic mass is 14.8. The van der Waals surface area contributed by atoms with Crippen LogP contribution in [-0.4, -0.2) is 7.05 Å². The minimum absolute atomic E-state index is 0.653. The van der Waals surface area contributed by atoms with Crippen LogP contribution in [0.25, 0.3) is 0 Å². The Morgan fingerprint density at radius 1 is 1.43 bits per heavy atom. The Bertz CT molecular complexity index is 180. The highest BCUT2D eigenvalue weighted by Gasteiger charge is 2.15. The lowest BCUT2D eigenvalue weighted by Gasteiger charge is -2.22. The van der Waals surface area contributed by atoms with Gasteiger partial charge in [-0.15, -0.1) is 6.58 Å². The summed E-state index contributed by atoms with van der Waals surface area (Å²) >= 11 is 0. The van der Waals surface area contributed by atoms with Crippen molar-refractivity contribution in [3.8, 4) is 0 Å². The molecule has 0 aliphatic carbocycles. The van der Waals surface area contributed by atoms with Gasteiger partial charge in [-0.25, -0.2) is 0 Å². The molecule has 1 atom stereocenters. The average molecular weight is 195 g/mol. The second-order valence-electron chi connectivity index (χ2n) is 4.13. The lowest BCUT2D eigenvalue weighted by molar-refractivity contribution is 0.432. The molecule has 0 heterocycles. The quantitative estimate of drug-likeness (QED) is 0.610. The van der Waals surface area contributed by atoms with Crippen molar-refractivity contribution >= 4 is 0 Å². The van der Waals surface area contributed by atoms with E-state index < -0.39 is 0 Å². The van der Waals surface area contributed by atoms with E-state index in [0.29, 0.717) is 11.8 Å². The van der Waals surface area contributed by atoms with Crippen LogP contribution in [0.4, 0.5) is 0 Å². The van der Waals surface area contributed by atoms with E-state index in [2.05, 4.69) is 38.9 Å². The van der Waals surface area contributed by atoms with E-state index in [1.165, 1.54) is 18.4 Å². The van der Waals surface area contributed by atoms with E-state index in [4.69, 9.17) is 0 Å². The smallest absolute Gasteiger partial charge is 0.00276 e. The van der Waals surface area contributed by atoms with Crippen molar-refractivity contribution in [1.29, 1.82) is 0 Å². The molecule has 0 aliphatic rings. The van der Waals surface area contributed by atoms with Crippen molar-refractivity contribution in [2.75, 3.05) is 7.05 Å². The number of nitrogens with one attached hydrogen (secondary N) is 1. The second kappa shape index (κ2) is 7.66. The molecule has 0 fully saturated rings. The Morgan fingerprint density at radius 2 is 2.07 bits per heavy atom. The largest absolute Gasteiger partial charge is 0.394 e. The van der Waals surface area contributed by atoms with Crippen molar-refractivity contribution in [3.63, 3.8) is 0 Å². The van der Waals surface area contributed by atoms with Crippen LogP contribution >= 0.6 is 0 Å². The first-order valence-electron chi connectivity index (χ1n) is 5.64. The summed E-state index contributed by atoms with van der Waals surface area (Å²) in [5.41, 5.74) is 1.53. The van der Waals surface area contributed by atoms with Gasteiger partial charge in [0, 0.05) is 7.05 Å². The molecule has 0 aromatic rings. The predicted molar refractivity (Wildman–Crippen MR) is 65.2 cm³/mol. The Hall–Kier alpha value is -0.720. The maximum atomic E-state index is 3.84. The topological polar surface area (TPSA) is 12.0 Å². The van der Waals surface area contributed by atoms with Gasteiger partial charge in [-0.1, -0.05) is 38.8 Å². The number of hydrogen-bond donors (Lipinski definition) is 1. The van der Waals surface area contributed by atoms with Crippen molar-refractivity contribution < 1.29 is 0 Å². The molecule has 0 rings (SSSR count). The van der Waals surface area contributed by atoms with Crippen LogP contribution < -0.4 is 5.32 Å². The maximum Gasteiger partial charge on any atom is 0.00276 e. The third-order valence-electron chi connectivity index (χ3n) is 2.57. The van der Waals surface area contributed by atoms with E-state index in [-0.39, 0.29) is 0 Å². The van der Waals surface area contributed by atoms with Gasteiger partial charge in [0.2, 0.25) is 0 Å². The van der Waals surface area contributed by atoms with Gasteiger partial charge in [0.15, 0.2) is 0 Å². The average Bonchev–Trinajstić information content (AvgIpc) is 2.13. The number of hydrogen-bond acceptors (Lipinski definition) is 1. The third-order valence-corrected chi connectivity index (χ3v) is 2.57. The lowest BCUT2D eigenvalue weighted by Crippen LogP contribution is -2.13. The molecule has 14 heavy (non-hydrogen) atoms. The summed E-state index contributed by atoms with van der Waals surface area (Å²) in [6.45, 7) is 10.6. The SMILES string of the molecule is C=CCC(/C(=C/NC)CCC)C(C)C. The van der Waals surface area contributed by atoms with Crippen molar-refractivity contribution in [1.82, 2.24) is 5.32 Å². The molecule has 0 radical (unpaired) electrons. The van der Waals surface area contributed by atoms with Gasteiger partial charge in [-0.05, 0) is 30.9 Å². The molecule has 1 N–H and O–H groups in total. The monoisotopic (exact) mass is 195 g/mol. The van der Waals surface area contributed by atoms with Gasteiger partial charge in [-0.3, -0.25) is 0 Å². The van der Waals surface area contributed by atoms with Gasteiger partial charge in [0.25, 0.3) is 0 Å². The first-order valence-corrected chi connectivity index (χ1v) is 5.64. The molecule has 0 saturated heterocycles. The summed E-state index contributed by atoms with van der Waals surface area (Å²) in [4.78, 5) is 0. The fourth-order valence-corrected chi connectivity index (χ4v) is 1.87. The highest BCUT2D eigenvalue weighted by molar-refractivity contribution is 5.08. The number of rotatable bonds is 7. The van der Waals surface area contributed by atoms with Crippen molar-refractivity contribution in [2.45, 2.75) is 40.0 Å². The minimum Gasteiger partial charge on any atom is -0.394 e. The standard InChI is InChI=1S/C13H25N/c1-6-8-12(10-14-5)13(9-7-2)11(3)4/h7,10-11,13-14H,2,6,8-9H2,1,3-5H3/b12-10+. The fourth-order valence-electron chi connectivity index (χ4n) is 1.87. The minimum atomic E-state index is 0.653. The fraction of sp³-hybridized carbons (Fsp3) is 0.692. The zero-order valence-corrected chi connectivity index (χ0v) is 10.1. The van der Waals surface area contributed by atoms with Crippen LogP contribution in [0, 0.1) is 11.8 Å². The van der Waals surface area contributed by atoms with E-state index in [9.17, 15) is 0 Å². The molecular formula is C13H25N. The lowest BCUT2D eigenvalue weighted by atomic mass is 9.84. The van der Waals surface area contributed by atoms with Crippen LogP contribution in [0.3, 0.4) is 0 Å². The molecule has 0 spiro atoms. The Morgan fingerprint density at radius 3 is 2.43 bits per heavy atom. The Balaban J connectivity index is 4.54. The van der Waals surface area contributed by atoms with Crippen LogP contribution in [0.2, 0.25) is 0 Å². The highest BCUT2D eigenvalue weighted by Crippen LogP contribution is 2.27. The molecule has 0 aliphatic heterocycles. The van der Waals surface area contributed by atoms with Crippen LogP contribution in [0.15, 0.2) is 24.4 Å². The van der Waals surface area contributed by atoms with Crippen LogP contribution in [0.1, 0.15) is 40.0 Å². The summed E-state index contributed by atoms with van der Waals surface area (Å²) in [5.74, 6) is 1.35. The molecule has 1 heteroatoms. The van der Waals surface area contributed by atoms with E-state index in [1.54, 1.807) is 0 Å². The van der Waals surface area contributed by atoms with Crippen LogP contribution in [0.5, 0.6) is 0 Å². The van der Waals surface area contributed by atoms with E-state index in [1.807, 2.05) is 13.1 Å². The van der Waals surface area contributed by atoms with E-state index in [0.717, 1.165) is 6.42 Å². The Labute approximate surface area is 89.3 Å². The van der Waals surface area contributed by atoms with Gasteiger partial charge in [-0.2, -0.15) is 0 Å². The zero-order chi connectivity index (χ0) is 11.0. The predicted octanol–water partition coefficient (Wildman–Crippen LogP) is 3.74. The normalized spacial score (nSPS) is 14.2. The van der Waals surface area contributed by atoms with Crippen molar-refractivity contribution in [2.24, 2.45) is 11.8 Å². The first-order chi connectivity index (χ1) is 6.67.